The molecule has 0 saturated carbocycles. The van der Waals surface area contributed by atoms with E-state index in [9.17, 15) is 4.79 Å². The predicted molar refractivity (Wildman–Crippen MR) is 128 cm³/mol. The van der Waals surface area contributed by atoms with E-state index in [0.717, 1.165) is 41.9 Å². The molecule has 0 radical (unpaired) electrons. The molecule has 0 spiro atoms. The molecule has 2 aromatic carbocycles. The fourth-order valence-corrected chi connectivity index (χ4v) is 6.46. The average Bonchev–Trinajstić information content (AvgIpc) is 3.30. The summed E-state index contributed by atoms with van der Waals surface area (Å²) < 4.78 is 3.00. The molecule has 0 bridgehead atoms. The maximum absolute atomic E-state index is 13.4. The monoisotopic (exact) mass is 449 g/mol. The Morgan fingerprint density at radius 2 is 1.73 bits per heavy atom. The molecule has 4 nitrogen and oxygen atoms in total. The van der Waals surface area contributed by atoms with Crippen molar-refractivity contribution >= 4 is 54.9 Å². The second-order valence-corrected chi connectivity index (χ2v) is 10.4. The van der Waals surface area contributed by atoms with Crippen LogP contribution in [-0.4, -0.2) is 14.5 Å². The molecule has 0 fully saturated rings. The summed E-state index contributed by atoms with van der Waals surface area (Å²) in [5.41, 5.74) is 3.19. The minimum Gasteiger partial charge on any atom is -0.283 e. The zero-order valence-corrected chi connectivity index (χ0v) is 19.0. The van der Waals surface area contributed by atoms with Crippen molar-refractivity contribution in [3.63, 3.8) is 0 Å². The maximum atomic E-state index is 13.4. The fraction of sp³-hybridized carbons (Fsp3) is 0.174. The van der Waals surface area contributed by atoms with Gasteiger partial charge in [-0.05, 0) is 37.1 Å². The third-order valence-corrected chi connectivity index (χ3v) is 8.41. The van der Waals surface area contributed by atoms with Crippen molar-refractivity contribution < 1.29 is 0 Å². The largest absolute Gasteiger partial charge is 0.283 e. The molecule has 5 aromatic rings. The van der Waals surface area contributed by atoms with Crippen LogP contribution in [0.4, 0.5) is 0 Å². The SMILES string of the molecule is Cc1sc2nc(SCc3nc4ccccc4s3)n(Cc3ccccc3)c(=O)c2c1C. The molecule has 0 N–H and O–H groups in total. The number of para-hydroxylation sites is 1. The van der Waals surface area contributed by atoms with E-state index >= 15 is 0 Å². The van der Waals surface area contributed by atoms with Crippen LogP contribution in [0, 0.1) is 13.8 Å². The molecule has 0 aliphatic rings. The van der Waals surface area contributed by atoms with Gasteiger partial charge in [0.05, 0.1) is 27.9 Å². The first-order chi connectivity index (χ1) is 14.6. The maximum Gasteiger partial charge on any atom is 0.263 e. The highest BCUT2D eigenvalue weighted by Gasteiger charge is 2.17. The second kappa shape index (κ2) is 7.98. The molecular weight excluding hydrogens is 430 g/mol. The summed E-state index contributed by atoms with van der Waals surface area (Å²) in [4.78, 5) is 25.0. The second-order valence-electron chi connectivity index (χ2n) is 7.10. The Morgan fingerprint density at radius 1 is 0.967 bits per heavy atom. The van der Waals surface area contributed by atoms with E-state index in [0.29, 0.717) is 12.3 Å². The van der Waals surface area contributed by atoms with E-state index in [1.54, 1.807) is 34.4 Å². The third kappa shape index (κ3) is 3.57. The van der Waals surface area contributed by atoms with Crippen LogP contribution in [0.3, 0.4) is 0 Å². The van der Waals surface area contributed by atoms with Crippen molar-refractivity contribution in [1.29, 1.82) is 0 Å². The van der Waals surface area contributed by atoms with Gasteiger partial charge in [-0.2, -0.15) is 0 Å². The molecule has 0 unspecified atom stereocenters. The van der Waals surface area contributed by atoms with E-state index in [1.165, 1.54) is 4.70 Å². The molecule has 150 valence electrons. The van der Waals surface area contributed by atoms with Crippen LogP contribution in [0.25, 0.3) is 20.4 Å². The Hall–Kier alpha value is -2.48. The van der Waals surface area contributed by atoms with Gasteiger partial charge >= 0.3 is 0 Å². The Morgan fingerprint density at radius 3 is 2.53 bits per heavy atom. The number of thioether (sulfide) groups is 1. The fourth-order valence-electron chi connectivity index (χ4n) is 3.43. The molecule has 0 amide bonds. The summed E-state index contributed by atoms with van der Waals surface area (Å²) in [5.74, 6) is 0.690. The lowest BCUT2D eigenvalue weighted by Gasteiger charge is -2.12. The van der Waals surface area contributed by atoms with Crippen LogP contribution in [-0.2, 0) is 12.3 Å². The van der Waals surface area contributed by atoms with Crippen molar-refractivity contribution in [1.82, 2.24) is 14.5 Å². The smallest absolute Gasteiger partial charge is 0.263 e. The number of thiophene rings is 1. The van der Waals surface area contributed by atoms with E-state index in [1.807, 2.05) is 60.0 Å². The molecule has 7 heteroatoms. The Labute approximate surface area is 186 Å². The van der Waals surface area contributed by atoms with Crippen molar-refractivity contribution in [3.8, 4) is 0 Å². The number of fused-ring (bicyclic) bond motifs is 2. The quantitative estimate of drug-likeness (QED) is 0.243. The lowest BCUT2D eigenvalue weighted by molar-refractivity contribution is 0.659. The van der Waals surface area contributed by atoms with Crippen LogP contribution in [0.2, 0.25) is 0 Å². The van der Waals surface area contributed by atoms with E-state index in [-0.39, 0.29) is 5.56 Å². The molecule has 0 atom stereocenters. The Bertz CT molecular complexity index is 1380. The molecule has 3 heterocycles. The van der Waals surface area contributed by atoms with Crippen molar-refractivity contribution in [2.45, 2.75) is 31.3 Å². The standard InChI is InChI=1S/C23H19N3OS3/c1-14-15(2)29-21-20(14)22(27)26(12-16-8-4-3-5-9-16)23(25-21)28-13-19-24-17-10-6-7-11-18(17)30-19/h3-11H,12-13H2,1-2H3. The van der Waals surface area contributed by atoms with Crippen molar-refractivity contribution in [2.75, 3.05) is 0 Å². The summed E-state index contributed by atoms with van der Waals surface area (Å²) in [6.07, 6.45) is 0. The Balaban J connectivity index is 1.56. The summed E-state index contributed by atoms with van der Waals surface area (Å²) in [6, 6.07) is 18.2. The van der Waals surface area contributed by atoms with Gasteiger partial charge in [0.25, 0.3) is 5.56 Å². The molecular formula is C23H19N3OS3. The first-order valence-corrected chi connectivity index (χ1v) is 12.2. The van der Waals surface area contributed by atoms with Gasteiger partial charge in [-0.25, -0.2) is 9.97 Å². The highest BCUT2D eigenvalue weighted by molar-refractivity contribution is 7.98. The normalized spacial score (nSPS) is 11.5. The highest BCUT2D eigenvalue weighted by Crippen LogP contribution is 2.31. The topological polar surface area (TPSA) is 47.8 Å². The average molecular weight is 450 g/mol. The minimum atomic E-state index is 0.0394. The predicted octanol–water partition coefficient (Wildman–Crippen LogP) is 6.03. The number of thiazole rings is 1. The number of aryl methyl sites for hydroxylation is 2. The minimum absolute atomic E-state index is 0.0394. The number of hydrogen-bond donors (Lipinski definition) is 0. The van der Waals surface area contributed by atoms with E-state index in [2.05, 4.69) is 13.0 Å². The van der Waals surface area contributed by atoms with Crippen molar-refractivity contribution in [2.24, 2.45) is 0 Å². The molecule has 5 rings (SSSR count). The first kappa shape index (κ1) is 19.5. The van der Waals surface area contributed by atoms with Gasteiger partial charge in [0.2, 0.25) is 0 Å². The number of nitrogens with zero attached hydrogens (tertiary/aromatic N) is 3. The van der Waals surface area contributed by atoms with E-state index < -0.39 is 0 Å². The van der Waals surface area contributed by atoms with Crippen LogP contribution in [0.15, 0.2) is 64.5 Å². The first-order valence-electron chi connectivity index (χ1n) is 9.62. The van der Waals surface area contributed by atoms with Gasteiger partial charge < -0.3 is 0 Å². The zero-order chi connectivity index (χ0) is 20.7. The lowest BCUT2D eigenvalue weighted by Crippen LogP contribution is -2.23. The summed E-state index contributed by atoms with van der Waals surface area (Å²) in [5, 5.41) is 2.54. The van der Waals surface area contributed by atoms with Gasteiger partial charge in [0.15, 0.2) is 5.16 Å². The van der Waals surface area contributed by atoms with Gasteiger partial charge in [-0.3, -0.25) is 9.36 Å². The van der Waals surface area contributed by atoms with Crippen LogP contribution >= 0.6 is 34.4 Å². The number of aromatic nitrogens is 3. The van der Waals surface area contributed by atoms with Crippen LogP contribution < -0.4 is 5.56 Å². The zero-order valence-electron chi connectivity index (χ0n) is 16.6. The van der Waals surface area contributed by atoms with Gasteiger partial charge in [-0.15, -0.1) is 22.7 Å². The third-order valence-electron chi connectivity index (χ3n) is 5.10. The summed E-state index contributed by atoms with van der Waals surface area (Å²) >= 11 is 4.88. The number of benzene rings is 2. The van der Waals surface area contributed by atoms with Crippen LogP contribution in [0.1, 0.15) is 21.0 Å². The van der Waals surface area contributed by atoms with Crippen LogP contribution in [0.5, 0.6) is 0 Å². The van der Waals surface area contributed by atoms with Gasteiger partial charge in [0, 0.05) is 4.88 Å². The van der Waals surface area contributed by atoms with E-state index in [4.69, 9.17) is 9.97 Å². The van der Waals surface area contributed by atoms with Gasteiger partial charge in [0.1, 0.15) is 9.84 Å². The summed E-state index contributed by atoms with van der Waals surface area (Å²) in [6.45, 7) is 4.58. The van der Waals surface area contributed by atoms with Gasteiger partial charge in [-0.1, -0.05) is 54.2 Å². The molecule has 3 aromatic heterocycles. The highest BCUT2D eigenvalue weighted by atomic mass is 32.2. The summed E-state index contributed by atoms with van der Waals surface area (Å²) in [7, 11) is 0. The lowest BCUT2D eigenvalue weighted by atomic mass is 10.2. The molecule has 0 aliphatic carbocycles. The number of hydrogen-bond acceptors (Lipinski definition) is 6. The molecule has 30 heavy (non-hydrogen) atoms. The molecule has 0 aliphatic heterocycles. The Kier molecular flexibility index (Phi) is 5.18. The van der Waals surface area contributed by atoms with Crippen molar-refractivity contribution in [3.05, 3.63) is 86.0 Å². The molecule has 0 saturated heterocycles. The number of rotatable bonds is 5.